The standard InChI is InChI=1S/C14H21N3O3S/c1-7(2)15-12(18)8(3)16-14-17-11-9(13(19)20)5-4-6-10(11)21-14/h7-9H,4-6H2,1-3H3,(H,15,18)(H,16,17)(H,19,20). The molecule has 3 N–H and O–H groups in total. The molecule has 0 aliphatic heterocycles. The molecule has 116 valence electrons. The van der Waals surface area contributed by atoms with E-state index in [9.17, 15) is 14.7 Å². The van der Waals surface area contributed by atoms with Gasteiger partial charge in [0.05, 0.1) is 5.69 Å². The lowest BCUT2D eigenvalue weighted by molar-refractivity contribution is -0.139. The molecule has 2 rings (SSSR count). The molecule has 2 unspecified atom stereocenters. The smallest absolute Gasteiger partial charge is 0.312 e. The number of carboxylic acids is 1. The lowest BCUT2D eigenvalue weighted by atomic mass is 9.91. The number of anilines is 1. The Morgan fingerprint density at radius 3 is 2.71 bits per heavy atom. The Kier molecular flexibility index (Phi) is 4.82. The Morgan fingerprint density at radius 2 is 2.10 bits per heavy atom. The molecule has 6 nitrogen and oxygen atoms in total. The van der Waals surface area contributed by atoms with Crippen molar-refractivity contribution in [2.75, 3.05) is 5.32 Å². The molecule has 0 saturated heterocycles. The summed E-state index contributed by atoms with van der Waals surface area (Å²) in [6, 6.07) is -0.314. The number of nitrogens with one attached hydrogen (secondary N) is 2. The zero-order chi connectivity index (χ0) is 15.6. The average Bonchev–Trinajstić information content (AvgIpc) is 2.79. The summed E-state index contributed by atoms with van der Waals surface area (Å²) >= 11 is 1.46. The van der Waals surface area contributed by atoms with Crippen molar-refractivity contribution in [1.82, 2.24) is 10.3 Å². The Labute approximate surface area is 128 Å². The van der Waals surface area contributed by atoms with E-state index in [1.807, 2.05) is 13.8 Å². The zero-order valence-corrected chi connectivity index (χ0v) is 13.3. The van der Waals surface area contributed by atoms with Crippen LogP contribution in [0.15, 0.2) is 0 Å². The van der Waals surface area contributed by atoms with Gasteiger partial charge in [-0.05, 0) is 40.0 Å². The lowest BCUT2D eigenvalue weighted by Gasteiger charge is -2.16. The van der Waals surface area contributed by atoms with Gasteiger partial charge in [0.25, 0.3) is 0 Å². The number of hydrogen-bond acceptors (Lipinski definition) is 5. The molecular formula is C14H21N3O3S. The van der Waals surface area contributed by atoms with Crippen LogP contribution in [-0.2, 0) is 16.0 Å². The minimum Gasteiger partial charge on any atom is -0.481 e. The number of thiazole rings is 1. The maximum atomic E-state index is 11.9. The second-order valence-electron chi connectivity index (χ2n) is 5.64. The average molecular weight is 311 g/mol. The van der Waals surface area contributed by atoms with Crippen LogP contribution in [0.25, 0.3) is 0 Å². The number of fused-ring (bicyclic) bond motifs is 1. The van der Waals surface area contributed by atoms with Crippen molar-refractivity contribution in [1.29, 1.82) is 0 Å². The van der Waals surface area contributed by atoms with Crippen LogP contribution in [-0.4, -0.2) is 34.1 Å². The SMILES string of the molecule is CC(C)NC(=O)C(C)Nc1nc2c(s1)CCCC2C(=O)O. The molecule has 1 aromatic heterocycles. The van der Waals surface area contributed by atoms with Crippen molar-refractivity contribution < 1.29 is 14.7 Å². The number of nitrogens with zero attached hydrogens (tertiary/aromatic N) is 1. The second-order valence-corrected chi connectivity index (χ2v) is 6.72. The summed E-state index contributed by atoms with van der Waals surface area (Å²) in [6.45, 7) is 5.58. The largest absolute Gasteiger partial charge is 0.481 e. The molecule has 0 fully saturated rings. The number of aliphatic carboxylic acids is 1. The molecule has 1 amide bonds. The topological polar surface area (TPSA) is 91.3 Å². The van der Waals surface area contributed by atoms with Gasteiger partial charge in [0.1, 0.15) is 12.0 Å². The van der Waals surface area contributed by atoms with Gasteiger partial charge in [-0.3, -0.25) is 9.59 Å². The van der Waals surface area contributed by atoms with Crippen LogP contribution in [0, 0.1) is 0 Å². The minimum atomic E-state index is -0.821. The molecule has 0 saturated carbocycles. The van der Waals surface area contributed by atoms with Crippen molar-refractivity contribution in [3.63, 3.8) is 0 Å². The Morgan fingerprint density at radius 1 is 1.38 bits per heavy atom. The van der Waals surface area contributed by atoms with E-state index in [2.05, 4.69) is 15.6 Å². The molecular weight excluding hydrogens is 290 g/mol. The van der Waals surface area contributed by atoms with Gasteiger partial charge in [0, 0.05) is 10.9 Å². The van der Waals surface area contributed by atoms with Crippen LogP contribution in [0.4, 0.5) is 5.13 Å². The molecule has 0 bridgehead atoms. The summed E-state index contributed by atoms with van der Waals surface area (Å²) in [5.41, 5.74) is 0.665. The second kappa shape index (κ2) is 6.43. The summed E-state index contributed by atoms with van der Waals surface area (Å²) in [5.74, 6) is -1.42. The Balaban J connectivity index is 2.09. The number of aromatic nitrogens is 1. The van der Waals surface area contributed by atoms with Crippen LogP contribution in [0.2, 0.25) is 0 Å². The van der Waals surface area contributed by atoms with Gasteiger partial charge in [0.2, 0.25) is 5.91 Å². The van der Waals surface area contributed by atoms with E-state index < -0.39 is 17.9 Å². The highest BCUT2D eigenvalue weighted by Crippen LogP contribution is 2.36. The van der Waals surface area contributed by atoms with E-state index in [-0.39, 0.29) is 11.9 Å². The van der Waals surface area contributed by atoms with Gasteiger partial charge in [-0.2, -0.15) is 0 Å². The van der Waals surface area contributed by atoms with Gasteiger partial charge in [-0.1, -0.05) is 0 Å². The number of aryl methyl sites for hydroxylation is 1. The highest BCUT2D eigenvalue weighted by Gasteiger charge is 2.30. The first-order chi connectivity index (χ1) is 9.88. The third-order valence-corrected chi connectivity index (χ3v) is 4.48. The fourth-order valence-corrected chi connectivity index (χ4v) is 3.53. The van der Waals surface area contributed by atoms with E-state index in [0.717, 1.165) is 17.7 Å². The predicted molar refractivity (Wildman–Crippen MR) is 81.8 cm³/mol. The van der Waals surface area contributed by atoms with Gasteiger partial charge < -0.3 is 15.7 Å². The maximum absolute atomic E-state index is 11.9. The Hall–Kier alpha value is -1.63. The first kappa shape index (κ1) is 15.8. The third-order valence-electron chi connectivity index (χ3n) is 3.42. The monoisotopic (exact) mass is 311 g/mol. The van der Waals surface area contributed by atoms with Crippen LogP contribution in [0.3, 0.4) is 0 Å². The first-order valence-corrected chi connectivity index (χ1v) is 7.99. The minimum absolute atomic E-state index is 0.0858. The number of rotatable bonds is 5. The van der Waals surface area contributed by atoms with Crippen LogP contribution < -0.4 is 10.6 Å². The van der Waals surface area contributed by atoms with Crippen molar-refractivity contribution >= 4 is 28.3 Å². The van der Waals surface area contributed by atoms with E-state index in [0.29, 0.717) is 17.2 Å². The van der Waals surface area contributed by atoms with Crippen LogP contribution in [0.1, 0.15) is 50.1 Å². The fourth-order valence-electron chi connectivity index (χ4n) is 2.38. The van der Waals surface area contributed by atoms with Crippen LogP contribution >= 0.6 is 11.3 Å². The summed E-state index contributed by atoms with van der Waals surface area (Å²) in [6.07, 6.45) is 2.37. The first-order valence-electron chi connectivity index (χ1n) is 7.17. The van der Waals surface area contributed by atoms with Crippen LogP contribution in [0.5, 0.6) is 0 Å². The predicted octanol–water partition coefficient (Wildman–Crippen LogP) is 1.97. The number of carboxylic acid groups (broad SMARTS) is 1. The molecule has 1 aliphatic rings. The van der Waals surface area contributed by atoms with Crippen molar-refractivity contribution in [3.05, 3.63) is 10.6 Å². The van der Waals surface area contributed by atoms with Gasteiger partial charge in [-0.25, -0.2) is 4.98 Å². The number of hydrogen-bond donors (Lipinski definition) is 3. The highest BCUT2D eigenvalue weighted by atomic mass is 32.1. The third kappa shape index (κ3) is 3.72. The van der Waals surface area contributed by atoms with Crippen molar-refractivity contribution in [2.24, 2.45) is 0 Å². The van der Waals surface area contributed by atoms with E-state index in [1.54, 1.807) is 6.92 Å². The Bertz CT molecular complexity index is 542. The molecule has 1 aromatic rings. The number of amides is 1. The molecule has 0 radical (unpaired) electrons. The lowest BCUT2D eigenvalue weighted by Crippen LogP contribution is -2.40. The van der Waals surface area contributed by atoms with E-state index >= 15 is 0 Å². The zero-order valence-electron chi connectivity index (χ0n) is 12.5. The quantitative estimate of drug-likeness (QED) is 0.773. The highest BCUT2D eigenvalue weighted by molar-refractivity contribution is 7.15. The van der Waals surface area contributed by atoms with E-state index in [1.165, 1.54) is 11.3 Å². The normalized spacial score (nSPS) is 19.0. The number of carbonyl (C=O) groups excluding carboxylic acids is 1. The molecule has 0 spiro atoms. The summed E-state index contributed by atoms with van der Waals surface area (Å²) < 4.78 is 0. The number of carbonyl (C=O) groups is 2. The van der Waals surface area contributed by atoms with Gasteiger partial charge in [-0.15, -0.1) is 11.3 Å². The fraction of sp³-hybridized carbons (Fsp3) is 0.643. The van der Waals surface area contributed by atoms with E-state index in [4.69, 9.17) is 0 Å². The van der Waals surface area contributed by atoms with Crippen molar-refractivity contribution in [2.45, 2.75) is 58.0 Å². The summed E-state index contributed by atoms with van der Waals surface area (Å²) in [4.78, 5) is 28.6. The van der Waals surface area contributed by atoms with Gasteiger partial charge >= 0.3 is 5.97 Å². The summed E-state index contributed by atoms with van der Waals surface area (Å²) in [5, 5.41) is 15.8. The summed E-state index contributed by atoms with van der Waals surface area (Å²) in [7, 11) is 0. The molecule has 1 aliphatic carbocycles. The molecule has 21 heavy (non-hydrogen) atoms. The molecule has 7 heteroatoms. The molecule has 2 atom stereocenters. The maximum Gasteiger partial charge on any atom is 0.312 e. The molecule has 0 aromatic carbocycles. The van der Waals surface area contributed by atoms with Crippen molar-refractivity contribution in [3.8, 4) is 0 Å². The molecule has 1 heterocycles. The van der Waals surface area contributed by atoms with Gasteiger partial charge in [0.15, 0.2) is 5.13 Å².